The molecule has 1 saturated carbocycles. The van der Waals surface area contributed by atoms with E-state index in [0.29, 0.717) is 36.8 Å². The van der Waals surface area contributed by atoms with Crippen molar-refractivity contribution in [2.75, 3.05) is 13.1 Å². The second-order valence-electron chi connectivity index (χ2n) is 5.18. The summed E-state index contributed by atoms with van der Waals surface area (Å²) in [6, 6.07) is 0.503. The molecule has 1 heterocycles. The number of carbonyl (C=O) groups is 1. The van der Waals surface area contributed by atoms with Crippen LogP contribution in [0.4, 0.5) is 0 Å². The van der Waals surface area contributed by atoms with E-state index in [4.69, 9.17) is 5.73 Å². The van der Waals surface area contributed by atoms with E-state index in [9.17, 15) is 4.79 Å². The van der Waals surface area contributed by atoms with E-state index in [1.54, 1.807) is 0 Å². The number of likely N-dealkylation sites (tertiary alicyclic amines) is 1. The van der Waals surface area contributed by atoms with Gasteiger partial charge in [0.2, 0.25) is 5.91 Å². The van der Waals surface area contributed by atoms with Crippen molar-refractivity contribution in [3.8, 4) is 0 Å². The summed E-state index contributed by atoms with van der Waals surface area (Å²) in [4.78, 5) is 14.0. The Morgan fingerprint density at radius 3 is 2.73 bits per heavy atom. The first-order valence-electron chi connectivity index (χ1n) is 6.22. The van der Waals surface area contributed by atoms with Gasteiger partial charge >= 0.3 is 0 Å². The van der Waals surface area contributed by atoms with Crippen molar-refractivity contribution in [2.45, 2.75) is 45.1 Å². The fourth-order valence-corrected chi connectivity index (χ4v) is 3.05. The van der Waals surface area contributed by atoms with Crippen LogP contribution in [0.1, 0.15) is 39.0 Å². The largest absolute Gasteiger partial charge is 0.339 e. The first-order chi connectivity index (χ1) is 7.22. The number of hydrogen-bond acceptors (Lipinski definition) is 2. The van der Waals surface area contributed by atoms with Crippen LogP contribution in [0.5, 0.6) is 0 Å². The van der Waals surface area contributed by atoms with Crippen LogP contribution in [0.2, 0.25) is 0 Å². The second-order valence-corrected chi connectivity index (χ2v) is 5.18. The quantitative estimate of drug-likeness (QED) is 0.748. The molecule has 2 N–H and O–H groups in total. The first-order valence-corrected chi connectivity index (χ1v) is 6.22. The highest BCUT2D eigenvalue weighted by Crippen LogP contribution is 2.31. The Labute approximate surface area is 92.0 Å². The molecule has 1 saturated heterocycles. The average Bonchev–Trinajstić information content (AvgIpc) is 2.60. The van der Waals surface area contributed by atoms with Crippen LogP contribution in [0, 0.1) is 11.8 Å². The molecule has 0 spiro atoms. The van der Waals surface area contributed by atoms with Gasteiger partial charge in [0.05, 0.1) is 0 Å². The third-order valence-electron chi connectivity index (χ3n) is 4.04. The van der Waals surface area contributed by atoms with Crippen molar-refractivity contribution >= 4 is 5.91 Å². The van der Waals surface area contributed by atoms with Crippen molar-refractivity contribution in [3.05, 3.63) is 0 Å². The van der Waals surface area contributed by atoms with Crippen LogP contribution in [0.3, 0.4) is 0 Å². The third-order valence-corrected chi connectivity index (χ3v) is 4.04. The molecular formula is C12H22N2O. The summed E-state index contributed by atoms with van der Waals surface area (Å²) in [5.41, 5.74) is 5.64. The Morgan fingerprint density at radius 1 is 1.40 bits per heavy atom. The molecule has 3 atom stereocenters. The van der Waals surface area contributed by atoms with Gasteiger partial charge in [-0.25, -0.2) is 0 Å². The molecule has 3 heteroatoms. The molecule has 0 aromatic rings. The van der Waals surface area contributed by atoms with Crippen molar-refractivity contribution in [1.29, 1.82) is 0 Å². The second kappa shape index (κ2) is 4.52. The fraction of sp³-hybridized carbons (Fsp3) is 0.917. The number of hydrogen-bond donors (Lipinski definition) is 1. The Morgan fingerprint density at radius 2 is 2.13 bits per heavy atom. The summed E-state index contributed by atoms with van der Waals surface area (Å²) in [5, 5.41) is 0. The third kappa shape index (κ3) is 2.17. The minimum Gasteiger partial charge on any atom is -0.339 e. The Hall–Kier alpha value is -0.570. The highest BCUT2D eigenvalue weighted by molar-refractivity contribution is 5.79. The predicted molar refractivity (Wildman–Crippen MR) is 60.3 cm³/mol. The number of nitrogens with two attached hydrogens (primary N) is 1. The number of rotatable bonds is 2. The van der Waals surface area contributed by atoms with Gasteiger partial charge in [0.1, 0.15) is 0 Å². The van der Waals surface area contributed by atoms with Crippen molar-refractivity contribution in [1.82, 2.24) is 4.90 Å². The molecule has 86 valence electrons. The van der Waals surface area contributed by atoms with Crippen molar-refractivity contribution < 1.29 is 4.79 Å². The van der Waals surface area contributed by atoms with Crippen molar-refractivity contribution in [3.63, 3.8) is 0 Å². The lowest BCUT2D eigenvalue weighted by molar-refractivity contribution is -0.131. The van der Waals surface area contributed by atoms with Gasteiger partial charge in [-0.3, -0.25) is 4.79 Å². The zero-order valence-corrected chi connectivity index (χ0v) is 9.61. The van der Waals surface area contributed by atoms with E-state index < -0.39 is 0 Å². The normalized spacial score (nSPS) is 37.3. The molecule has 3 unspecified atom stereocenters. The zero-order chi connectivity index (χ0) is 10.8. The molecule has 3 nitrogen and oxygen atoms in total. The monoisotopic (exact) mass is 210 g/mol. The maximum Gasteiger partial charge on any atom is 0.223 e. The highest BCUT2D eigenvalue weighted by atomic mass is 16.2. The molecule has 0 bridgehead atoms. The summed E-state index contributed by atoms with van der Waals surface area (Å²) in [6.07, 6.45) is 5.78. The number of nitrogens with zero attached hydrogens (tertiary/aromatic N) is 1. The summed E-state index contributed by atoms with van der Waals surface area (Å²) in [7, 11) is 0. The van der Waals surface area contributed by atoms with E-state index in [1.165, 1.54) is 25.7 Å². The Balaban J connectivity index is 2.00. The molecule has 15 heavy (non-hydrogen) atoms. The van der Waals surface area contributed by atoms with Gasteiger partial charge in [0.15, 0.2) is 0 Å². The summed E-state index contributed by atoms with van der Waals surface area (Å²) in [5.74, 6) is 1.43. The SMILES string of the molecule is CC1CCCCC1N1CC(CN)CC1=O. The summed E-state index contributed by atoms with van der Waals surface area (Å²) in [6.45, 7) is 3.85. The van der Waals surface area contributed by atoms with Crippen LogP contribution < -0.4 is 5.73 Å². The molecule has 2 fully saturated rings. The molecule has 1 amide bonds. The predicted octanol–water partition coefficient (Wildman–Crippen LogP) is 1.37. The molecule has 0 radical (unpaired) electrons. The van der Waals surface area contributed by atoms with Gasteiger partial charge < -0.3 is 10.6 Å². The molecule has 2 rings (SSSR count). The van der Waals surface area contributed by atoms with Crippen LogP contribution in [-0.2, 0) is 4.79 Å². The van der Waals surface area contributed by atoms with Crippen LogP contribution in [-0.4, -0.2) is 29.9 Å². The number of carbonyl (C=O) groups excluding carboxylic acids is 1. The van der Waals surface area contributed by atoms with Gasteiger partial charge in [-0.2, -0.15) is 0 Å². The fourth-order valence-electron chi connectivity index (χ4n) is 3.05. The Bertz CT molecular complexity index is 242. The molecule has 2 aliphatic rings. The summed E-state index contributed by atoms with van der Waals surface area (Å²) < 4.78 is 0. The van der Waals surface area contributed by atoms with Gasteiger partial charge in [-0.15, -0.1) is 0 Å². The van der Waals surface area contributed by atoms with Crippen molar-refractivity contribution in [2.24, 2.45) is 17.6 Å². The Kier molecular flexibility index (Phi) is 3.29. The molecule has 1 aliphatic heterocycles. The lowest BCUT2D eigenvalue weighted by atomic mass is 9.85. The minimum absolute atomic E-state index is 0.337. The summed E-state index contributed by atoms with van der Waals surface area (Å²) >= 11 is 0. The number of amides is 1. The maximum absolute atomic E-state index is 11.9. The van der Waals surface area contributed by atoms with Gasteiger partial charge in [0.25, 0.3) is 0 Å². The first kappa shape index (κ1) is 10.9. The van der Waals surface area contributed by atoms with Crippen LogP contribution >= 0.6 is 0 Å². The molecule has 0 aromatic carbocycles. The molecule has 1 aliphatic carbocycles. The minimum atomic E-state index is 0.337. The smallest absolute Gasteiger partial charge is 0.223 e. The maximum atomic E-state index is 11.9. The molecular weight excluding hydrogens is 188 g/mol. The van der Waals surface area contributed by atoms with E-state index in [1.807, 2.05) is 0 Å². The topological polar surface area (TPSA) is 46.3 Å². The van der Waals surface area contributed by atoms with Gasteiger partial charge in [-0.1, -0.05) is 19.8 Å². The van der Waals surface area contributed by atoms with E-state index in [2.05, 4.69) is 11.8 Å². The average molecular weight is 210 g/mol. The van der Waals surface area contributed by atoms with Crippen LogP contribution in [0.25, 0.3) is 0 Å². The highest BCUT2D eigenvalue weighted by Gasteiger charge is 2.36. The van der Waals surface area contributed by atoms with E-state index in [0.717, 1.165) is 6.54 Å². The zero-order valence-electron chi connectivity index (χ0n) is 9.61. The van der Waals surface area contributed by atoms with Gasteiger partial charge in [0, 0.05) is 19.0 Å². The molecule has 0 aromatic heterocycles. The lowest BCUT2D eigenvalue weighted by Crippen LogP contribution is -2.42. The van der Waals surface area contributed by atoms with Crippen LogP contribution in [0.15, 0.2) is 0 Å². The lowest BCUT2D eigenvalue weighted by Gasteiger charge is -2.36. The van der Waals surface area contributed by atoms with E-state index >= 15 is 0 Å². The van der Waals surface area contributed by atoms with Gasteiger partial charge in [-0.05, 0) is 31.2 Å². The standard InChI is InChI=1S/C12H22N2O/c1-9-4-2-3-5-11(9)14-8-10(7-13)6-12(14)15/h9-11H,2-8,13H2,1H3. The van der Waals surface area contributed by atoms with E-state index in [-0.39, 0.29) is 0 Å².